The molecule has 2 aliphatic heterocycles. The fraction of sp³-hybridized carbons (Fsp3) is 0.400. The molecule has 2 aliphatic rings. The molecule has 3 atom stereocenters. The van der Waals surface area contributed by atoms with E-state index in [4.69, 9.17) is 16.3 Å². The van der Waals surface area contributed by atoms with Crippen LogP contribution < -0.4 is 10.2 Å². The first-order valence-corrected chi connectivity index (χ1v) is 14.6. The van der Waals surface area contributed by atoms with Crippen molar-refractivity contribution in [1.29, 1.82) is 0 Å². The molecule has 2 fully saturated rings. The summed E-state index contributed by atoms with van der Waals surface area (Å²) in [4.78, 5) is 32.2. The summed E-state index contributed by atoms with van der Waals surface area (Å²) in [6, 6.07) is 15.0. The molecule has 11 heteroatoms. The van der Waals surface area contributed by atoms with E-state index in [1.165, 1.54) is 11.8 Å². The van der Waals surface area contributed by atoms with Gasteiger partial charge in [-0.25, -0.2) is 13.2 Å². The van der Waals surface area contributed by atoms with Crippen molar-refractivity contribution in [2.45, 2.75) is 50.1 Å². The largest absolute Gasteiger partial charge is 0.444 e. The van der Waals surface area contributed by atoms with Gasteiger partial charge in [0, 0.05) is 22.4 Å². The van der Waals surface area contributed by atoms with Crippen LogP contribution in [0.2, 0.25) is 5.02 Å². The van der Waals surface area contributed by atoms with Gasteiger partial charge in [-0.2, -0.15) is 4.99 Å². The van der Waals surface area contributed by atoms with Gasteiger partial charge >= 0.3 is 6.09 Å². The van der Waals surface area contributed by atoms with Crippen molar-refractivity contribution >= 4 is 56.1 Å². The zero-order valence-corrected chi connectivity index (χ0v) is 22.6. The van der Waals surface area contributed by atoms with Gasteiger partial charge in [0.05, 0.1) is 17.5 Å². The molecule has 2 aromatic rings. The second-order valence-corrected chi connectivity index (χ2v) is 13.6. The first-order valence-electron chi connectivity index (χ1n) is 11.5. The number of hydrogen-bond acceptors (Lipinski definition) is 6. The van der Waals surface area contributed by atoms with Gasteiger partial charge in [-0.3, -0.25) is 4.79 Å². The van der Waals surface area contributed by atoms with Gasteiger partial charge in [-0.15, -0.1) is 0 Å². The van der Waals surface area contributed by atoms with Crippen LogP contribution in [0.3, 0.4) is 0 Å². The third kappa shape index (κ3) is 6.60. The number of thioether (sulfide) groups is 1. The number of ether oxygens (including phenoxy) is 1. The highest BCUT2D eigenvalue weighted by Gasteiger charge is 2.49. The van der Waals surface area contributed by atoms with Crippen molar-refractivity contribution in [3.05, 3.63) is 65.2 Å². The van der Waals surface area contributed by atoms with E-state index < -0.39 is 33.5 Å². The smallest absolute Gasteiger partial charge is 0.408 e. The number of carbonyl (C=O) groups is 2. The van der Waals surface area contributed by atoms with E-state index in [0.717, 1.165) is 5.56 Å². The maximum absolute atomic E-state index is 13.4. The van der Waals surface area contributed by atoms with Crippen LogP contribution in [-0.4, -0.2) is 60.0 Å². The third-order valence-corrected chi connectivity index (χ3v) is 9.11. The summed E-state index contributed by atoms with van der Waals surface area (Å²) in [6.45, 7) is 5.23. The van der Waals surface area contributed by atoms with E-state index in [0.29, 0.717) is 15.9 Å². The van der Waals surface area contributed by atoms with Crippen molar-refractivity contribution in [2.24, 2.45) is 4.99 Å². The Morgan fingerprint density at radius 2 is 1.81 bits per heavy atom. The van der Waals surface area contributed by atoms with Crippen molar-refractivity contribution in [3.8, 4) is 0 Å². The Labute approximate surface area is 220 Å². The molecular formula is C25H28ClN3O5S2. The number of benzene rings is 2. The summed E-state index contributed by atoms with van der Waals surface area (Å²) in [6.07, 6.45) is -0.490. The molecule has 0 aromatic heterocycles. The number of halogens is 1. The SMILES string of the molecule is CC(C)(C)OC(=O)N[C@@H](Cc1ccccc1)C(=O)N=C1S[C@H]2CS(=O)(=O)C[C@H]2N1c1ccc(Cl)cc1. The first-order chi connectivity index (χ1) is 16.9. The van der Waals surface area contributed by atoms with E-state index in [-0.39, 0.29) is 29.2 Å². The first kappa shape index (κ1) is 26.5. The van der Waals surface area contributed by atoms with Crippen LogP contribution in [-0.2, 0) is 25.8 Å². The molecule has 2 aromatic carbocycles. The molecule has 0 unspecified atom stereocenters. The van der Waals surface area contributed by atoms with Gasteiger partial charge in [-0.1, -0.05) is 53.7 Å². The number of hydrogen-bond donors (Lipinski definition) is 1. The van der Waals surface area contributed by atoms with E-state index in [1.54, 1.807) is 49.9 Å². The van der Waals surface area contributed by atoms with Crippen LogP contribution in [0, 0.1) is 0 Å². The van der Waals surface area contributed by atoms with Gasteiger partial charge in [0.2, 0.25) is 0 Å². The van der Waals surface area contributed by atoms with Crippen molar-refractivity contribution in [2.75, 3.05) is 16.4 Å². The van der Waals surface area contributed by atoms with Gasteiger partial charge in [0.25, 0.3) is 5.91 Å². The molecular weight excluding hydrogens is 522 g/mol. The van der Waals surface area contributed by atoms with Crippen LogP contribution in [0.25, 0.3) is 0 Å². The van der Waals surface area contributed by atoms with Gasteiger partial charge in [0.15, 0.2) is 15.0 Å². The number of carbonyl (C=O) groups excluding carboxylic acids is 2. The summed E-state index contributed by atoms with van der Waals surface area (Å²) < 4.78 is 30.0. The molecule has 2 heterocycles. The van der Waals surface area contributed by atoms with Gasteiger partial charge in [0.1, 0.15) is 11.6 Å². The number of amidine groups is 1. The average molecular weight is 550 g/mol. The second kappa shape index (κ2) is 10.4. The quantitative estimate of drug-likeness (QED) is 0.599. The Balaban J connectivity index is 1.64. The highest BCUT2D eigenvalue weighted by molar-refractivity contribution is 8.16. The predicted octanol–water partition coefficient (Wildman–Crippen LogP) is 4.08. The van der Waals surface area contributed by atoms with Crippen LogP contribution in [0.15, 0.2) is 59.6 Å². The highest BCUT2D eigenvalue weighted by Crippen LogP contribution is 2.41. The fourth-order valence-electron chi connectivity index (χ4n) is 4.14. The van der Waals surface area contributed by atoms with Crippen molar-refractivity contribution in [1.82, 2.24) is 5.32 Å². The minimum absolute atomic E-state index is 0.0171. The summed E-state index contributed by atoms with van der Waals surface area (Å²) in [5.41, 5.74) is 0.817. The molecule has 192 valence electrons. The number of rotatable bonds is 5. The van der Waals surface area contributed by atoms with Crippen molar-refractivity contribution in [3.63, 3.8) is 0 Å². The Bertz CT molecular complexity index is 1260. The average Bonchev–Trinajstić information content (AvgIpc) is 3.24. The topological polar surface area (TPSA) is 105 Å². The maximum Gasteiger partial charge on any atom is 0.408 e. The third-order valence-electron chi connectivity index (χ3n) is 5.65. The number of aliphatic imine (C=N–C) groups is 1. The van der Waals surface area contributed by atoms with Crippen LogP contribution in [0.5, 0.6) is 0 Å². The summed E-state index contributed by atoms with van der Waals surface area (Å²) in [5, 5.41) is 3.36. The summed E-state index contributed by atoms with van der Waals surface area (Å²) in [7, 11) is -3.20. The Morgan fingerprint density at radius 3 is 2.44 bits per heavy atom. The van der Waals surface area contributed by atoms with Crippen LogP contribution in [0.1, 0.15) is 26.3 Å². The molecule has 8 nitrogen and oxygen atoms in total. The molecule has 2 saturated heterocycles. The summed E-state index contributed by atoms with van der Waals surface area (Å²) >= 11 is 7.32. The Morgan fingerprint density at radius 1 is 1.14 bits per heavy atom. The molecule has 0 bridgehead atoms. The highest BCUT2D eigenvalue weighted by atomic mass is 35.5. The Hall–Kier alpha value is -2.56. The Kier molecular flexibility index (Phi) is 7.68. The minimum atomic E-state index is -3.20. The lowest BCUT2D eigenvalue weighted by Gasteiger charge is -2.25. The van der Waals surface area contributed by atoms with E-state index in [1.807, 2.05) is 30.3 Å². The minimum Gasteiger partial charge on any atom is -0.444 e. The number of alkyl carbamates (subject to hydrolysis) is 1. The summed E-state index contributed by atoms with van der Waals surface area (Å²) in [5.74, 6) is -0.554. The molecule has 0 radical (unpaired) electrons. The number of fused-ring (bicyclic) bond motifs is 1. The normalized spacial score (nSPS) is 22.8. The molecule has 0 spiro atoms. The van der Waals surface area contributed by atoms with Gasteiger partial charge in [-0.05, 0) is 50.6 Å². The second-order valence-electron chi connectivity index (χ2n) is 9.77. The number of amides is 2. The zero-order valence-electron chi connectivity index (χ0n) is 20.2. The van der Waals surface area contributed by atoms with Crippen molar-refractivity contribution < 1.29 is 22.7 Å². The maximum atomic E-state index is 13.4. The number of nitrogens with zero attached hydrogens (tertiary/aromatic N) is 2. The van der Waals surface area contributed by atoms with Gasteiger partial charge < -0.3 is 15.0 Å². The fourth-order valence-corrected chi connectivity index (χ4v) is 8.19. The predicted molar refractivity (Wildman–Crippen MR) is 143 cm³/mol. The number of sulfone groups is 1. The standard InChI is InChI=1S/C25H28ClN3O5S2/c1-25(2,3)34-24(31)27-19(13-16-7-5-4-6-8-16)22(30)28-23-29(18-11-9-17(26)10-12-18)20-14-36(32,33)15-21(20)35-23/h4-12,19-21H,13-15H2,1-3H3,(H,27,31)/t19-,20+,21-/m0/s1. The molecule has 36 heavy (non-hydrogen) atoms. The lowest BCUT2D eigenvalue weighted by atomic mass is 10.1. The molecule has 0 aliphatic carbocycles. The zero-order chi connectivity index (χ0) is 26.1. The van der Waals surface area contributed by atoms with Crippen LogP contribution in [0.4, 0.5) is 10.5 Å². The lowest BCUT2D eigenvalue weighted by molar-refractivity contribution is -0.119. The molecule has 1 N–H and O–H groups in total. The van der Waals surface area contributed by atoms with E-state index >= 15 is 0 Å². The molecule has 4 rings (SSSR count). The monoisotopic (exact) mass is 549 g/mol. The van der Waals surface area contributed by atoms with E-state index in [9.17, 15) is 18.0 Å². The molecule has 0 saturated carbocycles. The number of nitrogens with one attached hydrogen (secondary N) is 1. The van der Waals surface area contributed by atoms with Crippen LogP contribution >= 0.6 is 23.4 Å². The molecule has 2 amide bonds. The van der Waals surface area contributed by atoms with E-state index in [2.05, 4.69) is 10.3 Å². The lowest BCUT2D eigenvalue weighted by Crippen LogP contribution is -2.45. The number of anilines is 1.